The van der Waals surface area contributed by atoms with Gasteiger partial charge in [-0.3, -0.25) is 0 Å². The summed E-state index contributed by atoms with van der Waals surface area (Å²) in [6, 6.07) is 13.9. The molecule has 2 aromatic carbocycles. The van der Waals surface area contributed by atoms with E-state index in [2.05, 4.69) is 0 Å². The molecule has 0 spiro atoms. The Labute approximate surface area is 231 Å². The van der Waals surface area contributed by atoms with E-state index < -0.39 is 53.4 Å². The Kier molecular flexibility index (Phi) is 7.85. The monoisotopic (exact) mass is 668 g/mol. The van der Waals surface area contributed by atoms with Crippen LogP contribution in [0, 0.1) is 24.9 Å². The minimum atomic E-state index is -5.96. The maximum atomic E-state index is 15.4. The highest BCUT2D eigenvalue weighted by Crippen LogP contribution is 2.58. The summed E-state index contributed by atoms with van der Waals surface area (Å²) in [5, 5.41) is -5.33. The average molecular weight is 669 g/mol. The predicted octanol–water partition coefficient (Wildman–Crippen LogP) is 4.87. The Balaban J connectivity index is 1.71. The van der Waals surface area contributed by atoms with Crippen molar-refractivity contribution in [1.29, 1.82) is 0 Å². The highest BCUT2D eigenvalue weighted by molar-refractivity contribution is 7.87. The third-order valence-corrected chi connectivity index (χ3v) is 15.3. The summed E-state index contributed by atoms with van der Waals surface area (Å²) in [6.45, 7) is 12.1. The largest absolute Gasteiger partial charge is 0.435 e. The summed E-state index contributed by atoms with van der Waals surface area (Å²) in [7, 11) is -5.96. The van der Waals surface area contributed by atoms with Gasteiger partial charge in [0.2, 0.25) is 0 Å². The summed E-state index contributed by atoms with van der Waals surface area (Å²) < 4.78 is 93.5. The van der Waals surface area contributed by atoms with Gasteiger partial charge in [-0.05, 0) is 79.8 Å². The Morgan fingerprint density at radius 1 is 0.737 bits per heavy atom. The Morgan fingerprint density at radius 2 is 1.18 bits per heavy atom. The highest BCUT2D eigenvalue weighted by Gasteiger charge is 2.73. The van der Waals surface area contributed by atoms with Crippen molar-refractivity contribution in [3.05, 3.63) is 66.8 Å². The van der Waals surface area contributed by atoms with Crippen LogP contribution in [0.25, 0.3) is 0 Å². The van der Waals surface area contributed by atoms with Crippen LogP contribution in [0.1, 0.15) is 78.4 Å². The van der Waals surface area contributed by atoms with E-state index in [1.807, 2.05) is 41.5 Å². The average Bonchev–Trinajstić information content (AvgIpc) is 3.46. The van der Waals surface area contributed by atoms with Crippen LogP contribution in [-0.2, 0) is 23.5 Å². The van der Waals surface area contributed by atoms with Crippen molar-refractivity contribution in [2.75, 3.05) is 0 Å². The van der Waals surface area contributed by atoms with Crippen LogP contribution in [0.15, 0.2) is 48.5 Å². The Hall–Kier alpha value is -1.20. The molecular formula is C29H37F4IO3S+. The number of rotatable bonds is 7. The van der Waals surface area contributed by atoms with Crippen LogP contribution >= 0.6 is 0 Å². The van der Waals surface area contributed by atoms with Crippen molar-refractivity contribution in [3.63, 3.8) is 0 Å². The fourth-order valence-corrected chi connectivity index (χ4v) is 12.5. The molecule has 0 heterocycles. The summed E-state index contributed by atoms with van der Waals surface area (Å²) in [4.78, 5) is 0. The van der Waals surface area contributed by atoms with Gasteiger partial charge in [-0.15, -0.1) is 0 Å². The van der Waals surface area contributed by atoms with E-state index in [9.17, 15) is 8.42 Å². The van der Waals surface area contributed by atoms with Crippen LogP contribution in [0.2, 0.25) is 0 Å². The smallest absolute Gasteiger partial charge is 0.198 e. The van der Waals surface area contributed by atoms with Gasteiger partial charge in [-0.2, -0.15) is 26.0 Å². The number of alkyl halides is 4. The lowest BCUT2D eigenvalue weighted by Gasteiger charge is -2.33. The summed E-state index contributed by atoms with van der Waals surface area (Å²) in [6.07, 6.45) is 1.54. The number of hydrogen-bond acceptors (Lipinski definition) is 3. The van der Waals surface area contributed by atoms with Gasteiger partial charge < -0.3 is 0 Å². The van der Waals surface area contributed by atoms with Crippen LogP contribution in [0.4, 0.5) is 17.6 Å². The molecule has 0 amide bonds. The van der Waals surface area contributed by atoms with Gasteiger partial charge in [0.1, 0.15) is 0 Å². The first-order chi connectivity index (χ1) is 17.3. The lowest BCUT2D eigenvalue weighted by atomic mass is 9.84. The molecule has 3 atom stereocenters. The molecule has 1 radical (unpaired) electrons. The van der Waals surface area contributed by atoms with Crippen LogP contribution < -0.4 is 20.2 Å². The van der Waals surface area contributed by atoms with Gasteiger partial charge in [0.15, 0.2) is 7.14 Å². The van der Waals surface area contributed by atoms with Gasteiger partial charge in [-0.25, -0.2) is 0 Å². The van der Waals surface area contributed by atoms with Crippen molar-refractivity contribution >= 4 is 10.1 Å². The van der Waals surface area contributed by atoms with Gasteiger partial charge in [0.25, 0.3) is 0 Å². The summed E-state index contributed by atoms with van der Waals surface area (Å²) in [5.41, 5.74) is 1.57. The minimum Gasteiger partial charge on any atom is -0.198 e. The van der Waals surface area contributed by atoms with Crippen molar-refractivity contribution in [1.82, 2.24) is 0 Å². The van der Waals surface area contributed by atoms with Crippen molar-refractivity contribution < 1.29 is 48.7 Å². The molecular weight excluding hydrogens is 631 g/mol. The fraction of sp³-hybridized carbons (Fsp3) is 0.586. The zero-order chi connectivity index (χ0) is 28.3. The Bertz CT molecular complexity index is 1190. The van der Waals surface area contributed by atoms with Gasteiger partial charge in [0, 0.05) is 5.92 Å². The van der Waals surface area contributed by atoms with E-state index in [0.717, 1.165) is 17.5 Å². The van der Waals surface area contributed by atoms with Crippen molar-refractivity contribution in [3.8, 4) is 0 Å². The maximum Gasteiger partial charge on any atom is 0.435 e. The molecule has 9 heteroatoms. The summed E-state index contributed by atoms with van der Waals surface area (Å²) in [5.74, 6) is -6.99. The zero-order valence-corrected chi connectivity index (χ0v) is 25.7. The summed E-state index contributed by atoms with van der Waals surface area (Å²) >= 11 is -3.58. The van der Waals surface area contributed by atoms with E-state index in [1.54, 1.807) is 48.5 Å². The molecule has 0 aromatic heterocycles. The van der Waals surface area contributed by atoms with E-state index in [1.165, 1.54) is 0 Å². The molecule has 2 aliphatic carbocycles. The second-order valence-electron chi connectivity index (χ2n) is 12.7. The normalized spacial score (nSPS) is 22.9. The Morgan fingerprint density at radius 3 is 1.53 bits per heavy atom. The molecule has 2 aliphatic rings. The topological polar surface area (TPSA) is 43.4 Å². The van der Waals surface area contributed by atoms with Gasteiger partial charge in [0.05, 0.1) is 0 Å². The van der Waals surface area contributed by atoms with Gasteiger partial charge in [-0.1, -0.05) is 72.2 Å². The number of hydrogen-bond donors (Lipinski definition) is 0. The third-order valence-electron chi connectivity index (χ3n) is 7.87. The molecule has 3 nitrogen and oxygen atoms in total. The standard InChI is InChI=1S/C29H37F4IO3S/c1-26(2,3)21-9-13-23(14-10-21)34(24-15-11-22(12-16-24)27(4,5)6)37-38(35,36)29(32,33)28(30,31)25-18-19-7-8-20(25)17-19/h9-16,19-20,25H,7-8,17-18H2,1-6H3/q+1. The number of halogens is 5. The van der Waals surface area contributed by atoms with Crippen LogP contribution in [-0.4, -0.2) is 19.6 Å². The number of fused-ring (bicyclic) bond motifs is 2. The third kappa shape index (κ3) is 5.53. The zero-order valence-electron chi connectivity index (χ0n) is 22.7. The molecule has 3 unspecified atom stereocenters. The first-order valence-electron chi connectivity index (χ1n) is 13.0. The molecule has 2 fully saturated rings. The maximum absolute atomic E-state index is 15.4. The molecule has 2 aromatic rings. The van der Waals surface area contributed by atoms with E-state index in [-0.39, 0.29) is 23.2 Å². The van der Waals surface area contributed by atoms with E-state index in [4.69, 9.17) is 2.51 Å². The molecule has 38 heavy (non-hydrogen) atoms. The minimum absolute atomic E-state index is 0.0405. The molecule has 4 rings (SSSR count). The van der Waals surface area contributed by atoms with E-state index in [0.29, 0.717) is 20.0 Å². The number of benzene rings is 2. The molecule has 2 bridgehead atoms. The molecule has 0 saturated heterocycles. The first-order valence-corrected chi connectivity index (χ1v) is 17.4. The van der Waals surface area contributed by atoms with Crippen LogP contribution in [0.5, 0.6) is 0 Å². The quantitative estimate of drug-likeness (QED) is 0.313. The molecule has 2 saturated carbocycles. The lowest BCUT2D eigenvalue weighted by molar-refractivity contribution is -1.03. The predicted molar refractivity (Wildman–Crippen MR) is 137 cm³/mol. The SMILES string of the molecule is CC(C)(C)c1ccc([I+](OS(=O)(=O)C(F)(F)C(F)(F)C2CC3CCC2C3)c2ccc(C(C)(C)C)cc2)cc1. The second kappa shape index (κ2) is 10.0. The van der Waals surface area contributed by atoms with Crippen molar-refractivity contribution in [2.24, 2.45) is 17.8 Å². The van der Waals surface area contributed by atoms with Crippen LogP contribution in [0.3, 0.4) is 0 Å². The first kappa shape index (κ1) is 29.8. The molecule has 211 valence electrons. The fourth-order valence-electron chi connectivity index (χ4n) is 5.52. The van der Waals surface area contributed by atoms with Crippen molar-refractivity contribution in [2.45, 2.75) is 89.2 Å². The van der Waals surface area contributed by atoms with Gasteiger partial charge >= 0.3 is 41.5 Å². The lowest BCUT2D eigenvalue weighted by Crippen LogP contribution is -3.85. The van der Waals surface area contributed by atoms with E-state index >= 15 is 17.6 Å². The highest BCUT2D eigenvalue weighted by atomic mass is 127. The molecule has 0 aliphatic heterocycles. The molecule has 0 N–H and O–H groups in total. The second-order valence-corrected chi connectivity index (χ2v) is 19.2.